The number of rotatable bonds is 6. The van der Waals surface area contributed by atoms with Crippen LogP contribution in [0.5, 0.6) is 0 Å². The predicted octanol–water partition coefficient (Wildman–Crippen LogP) is 2.83. The molecule has 0 spiro atoms. The van der Waals surface area contributed by atoms with E-state index in [9.17, 15) is 4.39 Å². The minimum absolute atomic E-state index is 0.201. The van der Waals surface area contributed by atoms with Crippen molar-refractivity contribution in [2.75, 3.05) is 13.2 Å². The highest BCUT2D eigenvalue weighted by Gasteiger charge is 2.16. The fourth-order valence-electron chi connectivity index (χ4n) is 2.34. The molecule has 2 atom stereocenters. The summed E-state index contributed by atoms with van der Waals surface area (Å²) in [6.07, 6.45) is 6.03. The van der Waals surface area contributed by atoms with Crippen molar-refractivity contribution in [2.24, 2.45) is 0 Å². The zero-order valence-electron chi connectivity index (χ0n) is 10.9. The van der Waals surface area contributed by atoms with E-state index in [1.54, 1.807) is 6.07 Å². The van der Waals surface area contributed by atoms with Gasteiger partial charge in [-0.15, -0.1) is 0 Å². The monoisotopic (exact) mass is 252 g/mol. The third kappa shape index (κ3) is 3.75. The first-order valence-electron chi connectivity index (χ1n) is 6.76. The van der Waals surface area contributed by atoms with E-state index in [4.69, 9.17) is 4.74 Å². The lowest BCUT2D eigenvalue weighted by Gasteiger charge is -2.17. The Balaban J connectivity index is 1.79. The van der Waals surface area contributed by atoms with Gasteiger partial charge < -0.3 is 10.1 Å². The van der Waals surface area contributed by atoms with Crippen LogP contribution in [-0.4, -0.2) is 24.2 Å². The molecule has 0 saturated carbocycles. The maximum absolute atomic E-state index is 12.8. The fourth-order valence-corrected chi connectivity index (χ4v) is 2.34. The fraction of sp³-hybridized carbons (Fsp3) is 0.643. The highest BCUT2D eigenvalue weighted by molar-refractivity contribution is 5.09. The summed E-state index contributed by atoms with van der Waals surface area (Å²) >= 11 is 0. The molecule has 1 N–H and O–H groups in total. The first-order valence-corrected chi connectivity index (χ1v) is 6.76. The van der Waals surface area contributed by atoms with Gasteiger partial charge in [-0.2, -0.15) is 0 Å². The van der Waals surface area contributed by atoms with Crippen LogP contribution >= 0.6 is 0 Å². The van der Waals surface area contributed by atoms with Crippen molar-refractivity contribution < 1.29 is 9.13 Å². The van der Waals surface area contributed by atoms with Crippen molar-refractivity contribution in [3.63, 3.8) is 0 Å². The molecule has 0 amide bonds. The molecular formula is C14H21FN2O. The molecule has 1 saturated heterocycles. The minimum Gasteiger partial charge on any atom is -0.378 e. The Bertz CT molecular complexity index is 349. The molecule has 2 heterocycles. The molecular weight excluding hydrogens is 231 g/mol. The maximum atomic E-state index is 12.8. The van der Waals surface area contributed by atoms with Crippen LogP contribution in [0.25, 0.3) is 0 Å². The van der Waals surface area contributed by atoms with Gasteiger partial charge in [0.15, 0.2) is 0 Å². The zero-order chi connectivity index (χ0) is 12.8. The summed E-state index contributed by atoms with van der Waals surface area (Å²) in [5.74, 6) is -0.284. The Morgan fingerprint density at radius 1 is 1.56 bits per heavy atom. The van der Waals surface area contributed by atoms with Gasteiger partial charge in [-0.05, 0) is 44.4 Å². The summed E-state index contributed by atoms with van der Waals surface area (Å²) in [4.78, 5) is 4.13. The Morgan fingerprint density at radius 2 is 2.44 bits per heavy atom. The van der Waals surface area contributed by atoms with E-state index in [1.165, 1.54) is 25.1 Å². The number of ether oxygens (including phenoxy) is 1. The Labute approximate surface area is 108 Å². The first kappa shape index (κ1) is 13.4. The number of hydrogen-bond acceptors (Lipinski definition) is 3. The lowest BCUT2D eigenvalue weighted by molar-refractivity contribution is 0.103. The molecule has 1 aromatic heterocycles. The van der Waals surface area contributed by atoms with Crippen LogP contribution in [0.4, 0.5) is 4.39 Å². The Morgan fingerprint density at radius 3 is 3.06 bits per heavy atom. The van der Waals surface area contributed by atoms with Gasteiger partial charge in [0.1, 0.15) is 5.82 Å². The van der Waals surface area contributed by atoms with Crippen molar-refractivity contribution >= 4 is 0 Å². The summed E-state index contributed by atoms with van der Waals surface area (Å²) in [6, 6.07) is 3.42. The number of nitrogens with zero attached hydrogens (tertiary/aromatic N) is 1. The molecule has 1 aliphatic rings. The number of hydrogen-bond donors (Lipinski definition) is 1. The van der Waals surface area contributed by atoms with Crippen molar-refractivity contribution in [3.8, 4) is 0 Å². The van der Waals surface area contributed by atoms with Crippen LogP contribution in [0.15, 0.2) is 18.3 Å². The number of aromatic nitrogens is 1. The van der Waals surface area contributed by atoms with Crippen LogP contribution in [0.3, 0.4) is 0 Å². The highest BCUT2D eigenvalue weighted by Crippen LogP contribution is 2.17. The first-order chi connectivity index (χ1) is 8.79. The molecule has 0 bridgehead atoms. The van der Waals surface area contributed by atoms with Crippen molar-refractivity contribution in [2.45, 2.75) is 44.8 Å². The average Bonchev–Trinajstić information content (AvgIpc) is 2.89. The molecule has 2 unspecified atom stereocenters. The topological polar surface area (TPSA) is 34.1 Å². The molecule has 18 heavy (non-hydrogen) atoms. The average molecular weight is 252 g/mol. The number of halogens is 1. The van der Waals surface area contributed by atoms with Gasteiger partial charge >= 0.3 is 0 Å². The predicted molar refractivity (Wildman–Crippen MR) is 68.8 cm³/mol. The van der Waals surface area contributed by atoms with E-state index in [-0.39, 0.29) is 11.9 Å². The van der Waals surface area contributed by atoms with Gasteiger partial charge in [-0.25, -0.2) is 4.39 Å². The van der Waals surface area contributed by atoms with Gasteiger partial charge in [0.25, 0.3) is 0 Å². The van der Waals surface area contributed by atoms with Crippen LogP contribution in [-0.2, 0) is 4.74 Å². The van der Waals surface area contributed by atoms with Crippen molar-refractivity contribution in [1.82, 2.24) is 10.3 Å². The smallest absolute Gasteiger partial charge is 0.141 e. The summed E-state index contributed by atoms with van der Waals surface area (Å²) in [5.41, 5.74) is 0.909. The molecule has 0 aromatic carbocycles. The maximum Gasteiger partial charge on any atom is 0.141 e. The van der Waals surface area contributed by atoms with Gasteiger partial charge in [0.05, 0.1) is 18.0 Å². The second-order valence-corrected chi connectivity index (χ2v) is 4.74. The van der Waals surface area contributed by atoms with Gasteiger partial charge in [-0.3, -0.25) is 4.98 Å². The minimum atomic E-state index is -0.284. The normalized spacial score (nSPS) is 21.1. The van der Waals surface area contributed by atoms with Crippen LogP contribution in [0.1, 0.15) is 44.3 Å². The summed E-state index contributed by atoms with van der Waals surface area (Å²) in [6.45, 7) is 3.93. The zero-order valence-corrected chi connectivity index (χ0v) is 10.9. The second kappa shape index (κ2) is 6.81. The molecule has 3 nitrogen and oxygen atoms in total. The quantitative estimate of drug-likeness (QED) is 0.845. The van der Waals surface area contributed by atoms with Crippen LogP contribution < -0.4 is 5.32 Å². The number of nitrogens with one attached hydrogen (secondary N) is 1. The van der Waals surface area contributed by atoms with E-state index in [1.807, 2.05) is 0 Å². The summed E-state index contributed by atoms with van der Waals surface area (Å²) in [7, 11) is 0. The number of pyridine rings is 1. The lowest BCUT2D eigenvalue weighted by Crippen LogP contribution is -2.25. The second-order valence-electron chi connectivity index (χ2n) is 4.74. The Hall–Kier alpha value is -1.00. The standard InChI is InChI=1S/C14H21FN2O/c1-2-13(14-6-5-11(15)10-17-14)16-8-7-12-4-3-9-18-12/h5-6,10,12-13,16H,2-4,7-9H2,1H3. The van der Waals surface area contributed by atoms with Gasteiger partial charge in [0, 0.05) is 12.6 Å². The lowest BCUT2D eigenvalue weighted by atomic mass is 10.1. The molecule has 1 aliphatic heterocycles. The van der Waals surface area contributed by atoms with Crippen molar-refractivity contribution in [3.05, 3.63) is 29.8 Å². The molecule has 2 rings (SSSR count). The molecule has 0 aliphatic carbocycles. The van der Waals surface area contributed by atoms with E-state index in [2.05, 4.69) is 17.2 Å². The highest BCUT2D eigenvalue weighted by atomic mass is 19.1. The van der Waals surface area contributed by atoms with E-state index >= 15 is 0 Å². The molecule has 100 valence electrons. The SMILES string of the molecule is CCC(NCCC1CCCO1)c1ccc(F)cn1. The molecule has 1 aromatic rings. The third-order valence-corrected chi connectivity index (χ3v) is 3.40. The van der Waals surface area contributed by atoms with Crippen LogP contribution in [0.2, 0.25) is 0 Å². The largest absolute Gasteiger partial charge is 0.378 e. The summed E-state index contributed by atoms with van der Waals surface area (Å²) < 4.78 is 18.4. The molecule has 0 radical (unpaired) electrons. The molecule has 4 heteroatoms. The van der Waals surface area contributed by atoms with Crippen LogP contribution in [0, 0.1) is 5.82 Å². The Kier molecular flexibility index (Phi) is 5.08. The molecule has 1 fully saturated rings. The third-order valence-electron chi connectivity index (χ3n) is 3.40. The van der Waals surface area contributed by atoms with Gasteiger partial charge in [0.2, 0.25) is 0 Å². The van der Waals surface area contributed by atoms with E-state index in [0.717, 1.165) is 31.7 Å². The van der Waals surface area contributed by atoms with E-state index in [0.29, 0.717) is 6.10 Å². The van der Waals surface area contributed by atoms with Gasteiger partial charge in [-0.1, -0.05) is 6.92 Å². The van der Waals surface area contributed by atoms with E-state index < -0.39 is 0 Å². The summed E-state index contributed by atoms with van der Waals surface area (Å²) in [5, 5.41) is 3.47. The van der Waals surface area contributed by atoms with Crippen molar-refractivity contribution in [1.29, 1.82) is 0 Å².